The van der Waals surface area contributed by atoms with E-state index in [0.717, 1.165) is 0 Å². The lowest BCUT2D eigenvalue weighted by Gasteiger charge is -2.13. The summed E-state index contributed by atoms with van der Waals surface area (Å²) in [5.41, 5.74) is 1.24. The zero-order valence-corrected chi connectivity index (χ0v) is 11.0. The number of halogens is 1. The molecule has 0 aliphatic rings. The molecular weight excluding hydrogens is 254 g/mol. The highest BCUT2D eigenvalue weighted by atomic mass is 35.5. The molecule has 0 aliphatic heterocycles. The van der Waals surface area contributed by atoms with Gasteiger partial charge < -0.3 is 0 Å². The van der Waals surface area contributed by atoms with Crippen LogP contribution >= 0.6 is 11.8 Å². The fourth-order valence-corrected chi connectivity index (χ4v) is 3.17. The van der Waals surface area contributed by atoms with Crippen molar-refractivity contribution in [1.82, 2.24) is 4.84 Å². The second-order valence-electron chi connectivity index (χ2n) is 4.89. The third kappa shape index (κ3) is 1.52. The van der Waals surface area contributed by atoms with Crippen molar-refractivity contribution >= 4 is 44.1 Å². The summed E-state index contributed by atoms with van der Waals surface area (Å²) < 4.78 is 0. The second-order valence-corrected chi connectivity index (χ2v) is 5.16. The Labute approximate surface area is 116 Å². The van der Waals surface area contributed by atoms with Gasteiger partial charge in [-0.3, -0.25) is 0 Å². The molecule has 0 saturated carbocycles. The van der Waals surface area contributed by atoms with Crippen molar-refractivity contribution in [3.05, 3.63) is 60.2 Å². The first-order valence-corrected chi connectivity index (χ1v) is 6.75. The fraction of sp³-hybridized carbons (Fsp3) is 0.0588. The Kier molecular flexibility index (Phi) is 2.37. The van der Waals surface area contributed by atoms with Gasteiger partial charge in [-0.1, -0.05) is 54.6 Å². The predicted octanol–water partition coefficient (Wildman–Crippen LogP) is 4.83. The topological polar surface area (TPSA) is 12.0 Å². The number of benzene rings is 4. The van der Waals surface area contributed by atoms with Gasteiger partial charge >= 0.3 is 0 Å². The Morgan fingerprint density at radius 1 is 0.737 bits per heavy atom. The van der Waals surface area contributed by atoms with Crippen LogP contribution in [0.25, 0.3) is 32.3 Å². The van der Waals surface area contributed by atoms with Crippen LogP contribution in [0.15, 0.2) is 54.6 Å². The standard InChI is InChI=1S/C17H12ClN/c18-19-10-14-7-6-13-5-4-11-2-1-3-12-8-9-15(14)17(13)16(11)12/h1-9,19H,10H2. The largest absolute Gasteiger partial charge is 0.229 e. The SMILES string of the molecule is ClNCc1ccc2ccc3cccc4ccc1c2c34. The molecular formula is C17H12ClN. The third-order valence-electron chi connectivity index (χ3n) is 3.88. The van der Waals surface area contributed by atoms with Crippen molar-refractivity contribution < 1.29 is 0 Å². The van der Waals surface area contributed by atoms with Crippen LogP contribution in [0.1, 0.15) is 5.56 Å². The van der Waals surface area contributed by atoms with Crippen molar-refractivity contribution in [2.24, 2.45) is 0 Å². The van der Waals surface area contributed by atoms with E-state index >= 15 is 0 Å². The molecule has 0 aromatic heterocycles. The first-order chi connectivity index (χ1) is 9.38. The van der Waals surface area contributed by atoms with Gasteiger partial charge in [0.05, 0.1) is 0 Å². The van der Waals surface area contributed by atoms with E-state index in [1.165, 1.54) is 37.9 Å². The molecule has 0 atom stereocenters. The van der Waals surface area contributed by atoms with Gasteiger partial charge in [0, 0.05) is 6.54 Å². The molecule has 4 aromatic rings. The summed E-state index contributed by atoms with van der Waals surface area (Å²) in [6.07, 6.45) is 0. The number of rotatable bonds is 2. The average molecular weight is 266 g/mol. The Morgan fingerprint density at radius 2 is 1.37 bits per heavy atom. The van der Waals surface area contributed by atoms with Crippen molar-refractivity contribution in [2.45, 2.75) is 6.54 Å². The monoisotopic (exact) mass is 265 g/mol. The molecule has 0 bridgehead atoms. The van der Waals surface area contributed by atoms with Crippen LogP contribution < -0.4 is 4.84 Å². The maximum absolute atomic E-state index is 5.68. The molecule has 4 rings (SSSR count). The molecule has 0 fully saturated rings. The van der Waals surface area contributed by atoms with Crippen molar-refractivity contribution in [3.63, 3.8) is 0 Å². The minimum Gasteiger partial charge on any atom is -0.229 e. The van der Waals surface area contributed by atoms with Gasteiger partial charge in [-0.15, -0.1) is 0 Å². The summed E-state index contributed by atoms with van der Waals surface area (Å²) in [7, 11) is 0. The lowest BCUT2D eigenvalue weighted by molar-refractivity contribution is 0.975. The van der Waals surface area contributed by atoms with E-state index in [-0.39, 0.29) is 0 Å². The molecule has 0 saturated heterocycles. The highest BCUT2D eigenvalue weighted by Crippen LogP contribution is 2.35. The van der Waals surface area contributed by atoms with Crippen LogP contribution in [-0.2, 0) is 6.54 Å². The van der Waals surface area contributed by atoms with Crippen LogP contribution in [0.2, 0.25) is 0 Å². The highest BCUT2D eigenvalue weighted by Gasteiger charge is 2.09. The van der Waals surface area contributed by atoms with Crippen molar-refractivity contribution in [3.8, 4) is 0 Å². The lowest BCUT2D eigenvalue weighted by atomic mass is 9.92. The Balaban J connectivity index is 2.28. The van der Waals surface area contributed by atoms with E-state index in [9.17, 15) is 0 Å². The van der Waals surface area contributed by atoms with E-state index < -0.39 is 0 Å². The van der Waals surface area contributed by atoms with Gasteiger partial charge in [0.1, 0.15) is 0 Å². The molecule has 0 spiro atoms. The second kappa shape index (κ2) is 4.09. The van der Waals surface area contributed by atoms with Crippen LogP contribution in [0.5, 0.6) is 0 Å². The zero-order valence-electron chi connectivity index (χ0n) is 10.3. The Morgan fingerprint density at radius 3 is 2.11 bits per heavy atom. The molecule has 92 valence electrons. The molecule has 0 amide bonds. The Hall–Kier alpha value is -1.83. The van der Waals surface area contributed by atoms with Crippen molar-refractivity contribution in [1.29, 1.82) is 0 Å². The maximum atomic E-state index is 5.68. The minimum atomic E-state index is 0.676. The van der Waals surface area contributed by atoms with Gasteiger partial charge in [0.15, 0.2) is 0 Å². The summed E-state index contributed by atoms with van der Waals surface area (Å²) in [6.45, 7) is 0.676. The first-order valence-electron chi connectivity index (χ1n) is 6.37. The van der Waals surface area contributed by atoms with Crippen LogP contribution in [0.3, 0.4) is 0 Å². The highest BCUT2D eigenvalue weighted by molar-refractivity contribution is 6.23. The smallest absolute Gasteiger partial charge is 0.0365 e. The molecule has 0 aliphatic carbocycles. The van der Waals surface area contributed by atoms with Crippen molar-refractivity contribution in [2.75, 3.05) is 0 Å². The summed E-state index contributed by atoms with van der Waals surface area (Å²) in [5, 5.41) is 7.87. The molecule has 0 radical (unpaired) electrons. The van der Waals surface area contributed by atoms with Gasteiger partial charge in [-0.25, -0.2) is 4.84 Å². The van der Waals surface area contributed by atoms with Crippen LogP contribution in [0, 0.1) is 0 Å². The van der Waals surface area contributed by atoms with E-state index in [2.05, 4.69) is 59.4 Å². The first kappa shape index (κ1) is 11.0. The summed E-state index contributed by atoms with van der Waals surface area (Å²) >= 11 is 5.68. The molecule has 4 aromatic carbocycles. The van der Waals surface area contributed by atoms with E-state index in [0.29, 0.717) is 6.54 Å². The maximum Gasteiger partial charge on any atom is 0.0365 e. The molecule has 19 heavy (non-hydrogen) atoms. The molecule has 0 unspecified atom stereocenters. The van der Waals surface area contributed by atoms with Gasteiger partial charge in [-0.05, 0) is 49.7 Å². The lowest BCUT2D eigenvalue weighted by Crippen LogP contribution is -1.99. The third-order valence-corrected chi connectivity index (χ3v) is 4.01. The number of hydrogen-bond acceptors (Lipinski definition) is 1. The summed E-state index contributed by atoms with van der Waals surface area (Å²) in [4.78, 5) is 2.73. The summed E-state index contributed by atoms with van der Waals surface area (Å²) in [6, 6.07) is 19.6. The van der Waals surface area contributed by atoms with Gasteiger partial charge in [0.25, 0.3) is 0 Å². The van der Waals surface area contributed by atoms with E-state index in [1.807, 2.05) is 0 Å². The molecule has 1 N–H and O–H groups in total. The van der Waals surface area contributed by atoms with Gasteiger partial charge in [0.2, 0.25) is 0 Å². The van der Waals surface area contributed by atoms with E-state index in [4.69, 9.17) is 11.8 Å². The molecule has 1 nitrogen and oxygen atoms in total. The Bertz CT molecular complexity index is 866. The quantitative estimate of drug-likeness (QED) is 0.404. The minimum absolute atomic E-state index is 0.676. The van der Waals surface area contributed by atoms with Crippen LogP contribution in [0.4, 0.5) is 0 Å². The van der Waals surface area contributed by atoms with Crippen LogP contribution in [-0.4, -0.2) is 0 Å². The predicted molar refractivity (Wildman–Crippen MR) is 82.8 cm³/mol. The van der Waals surface area contributed by atoms with E-state index in [1.54, 1.807) is 0 Å². The molecule has 0 heterocycles. The number of hydrogen-bond donors (Lipinski definition) is 1. The fourth-order valence-electron chi connectivity index (χ4n) is 3.02. The zero-order chi connectivity index (χ0) is 12.8. The average Bonchev–Trinajstić information content (AvgIpc) is 2.46. The molecule has 2 heteroatoms. The summed E-state index contributed by atoms with van der Waals surface area (Å²) in [5.74, 6) is 0. The van der Waals surface area contributed by atoms with Gasteiger partial charge in [-0.2, -0.15) is 0 Å². The number of nitrogens with one attached hydrogen (secondary N) is 1. The normalized spacial score (nSPS) is 11.8.